The average molecular weight is 330 g/mol. The van der Waals surface area contributed by atoms with Gasteiger partial charge in [-0.25, -0.2) is 9.97 Å². The highest BCUT2D eigenvalue weighted by molar-refractivity contribution is 5.99. The molecule has 0 atom stereocenters. The van der Waals surface area contributed by atoms with Crippen LogP contribution in [0.1, 0.15) is 35.1 Å². The monoisotopic (exact) mass is 330 g/mol. The Morgan fingerprint density at radius 2 is 1.96 bits per heavy atom. The fourth-order valence-electron chi connectivity index (χ4n) is 2.53. The summed E-state index contributed by atoms with van der Waals surface area (Å²) in [6.07, 6.45) is 3.36. The summed E-state index contributed by atoms with van der Waals surface area (Å²) in [6.45, 7) is 6.79. The molecule has 2 rings (SSSR count). The standard InChI is InChI=1S/C17H22N4O3/c1-4-21-12(2)10-14(13(21)3)15(22)11-24-16(23)6-9-20-17-18-7-5-8-19-17/h5,7-8,10H,4,6,9,11H2,1-3H3,(H,18,19,20). The van der Waals surface area contributed by atoms with Gasteiger partial charge in [0.05, 0.1) is 6.42 Å². The van der Waals surface area contributed by atoms with Crippen LogP contribution in [0.5, 0.6) is 0 Å². The number of ketones is 1. The first-order chi connectivity index (χ1) is 11.5. The normalized spacial score (nSPS) is 10.5. The van der Waals surface area contributed by atoms with Crippen LogP contribution in [0.3, 0.4) is 0 Å². The lowest BCUT2D eigenvalue weighted by Crippen LogP contribution is -2.17. The third kappa shape index (κ3) is 4.41. The van der Waals surface area contributed by atoms with Gasteiger partial charge in [0.15, 0.2) is 6.61 Å². The summed E-state index contributed by atoms with van der Waals surface area (Å²) in [6, 6.07) is 3.55. The highest BCUT2D eigenvalue weighted by atomic mass is 16.5. The quantitative estimate of drug-likeness (QED) is 0.589. The molecule has 7 nitrogen and oxygen atoms in total. The van der Waals surface area contributed by atoms with E-state index in [1.807, 2.05) is 26.8 Å². The molecule has 1 N–H and O–H groups in total. The van der Waals surface area contributed by atoms with Crippen molar-refractivity contribution in [3.63, 3.8) is 0 Å². The first-order valence-electron chi connectivity index (χ1n) is 7.89. The Labute approximate surface area is 141 Å². The molecular weight excluding hydrogens is 308 g/mol. The van der Waals surface area contributed by atoms with Crippen molar-refractivity contribution in [2.45, 2.75) is 33.7 Å². The van der Waals surface area contributed by atoms with Crippen molar-refractivity contribution in [1.82, 2.24) is 14.5 Å². The van der Waals surface area contributed by atoms with Gasteiger partial charge < -0.3 is 14.6 Å². The minimum absolute atomic E-state index is 0.138. The number of anilines is 1. The fourth-order valence-corrected chi connectivity index (χ4v) is 2.53. The maximum absolute atomic E-state index is 12.2. The topological polar surface area (TPSA) is 86.1 Å². The van der Waals surface area contributed by atoms with Crippen LogP contribution in [0, 0.1) is 13.8 Å². The zero-order valence-corrected chi connectivity index (χ0v) is 14.2. The van der Waals surface area contributed by atoms with Gasteiger partial charge in [0.1, 0.15) is 0 Å². The number of aryl methyl sites for hydroxylation is 1. The van der Waals surface area contributed by atoms with Crippen LogP contribution >= 0.6 is 0 Å². The molecule has 0 spiro atoms. The van der Waals surface area contributed by atoms with Crippen molar-refractivity contribution in [1.29, 1.82) is 0 Å². The van der Waals surface area contributed by atoms with Crippen LogP contribution in [0.2, 0.25) is 0 Å². The number of hydrogen-bond acceptors (Lipinski definition) is 6. The second kappa shape index (κ2) is 8.24. The smallest absolute Gasteiger partial charge is 0.308 e. The van der Waals surface area contributed by atoms with E-state index in [0.29, 0.717) is 18.1 Å². The summed E-state index contributed by atoms with van der Waals surface area (Å²) in [5, 5.41) is 2.91. The van der Waals surface area contributed by atoms with Crippen molar-refractivity contribution in [3.05, 3.63) is 41.5 Å². The molecule has 0 saturated heterocycles. The van der Waals surface area contributed by atoms with Crippen LogP contribution in [0.25, 0.3) is 0 Å². The van der Waals surface area contributed by atoms with Crippen LogP contribution in [-0.4, -0.2) is 39.4 Å². The molecule has 0 radical (unpaired) electrons. The third-order valence-corrected chi connectivity index (χ3v) is 3.73. The van der Waals surface area contributed by atoms with Crippen LogP contribution < -0.4 is 5.32 Å². The van der Waals surface area contributed by atoms with Crippen molar-refractivity contribution in [2.24, 2.45) is 0 Å². The van der Waals surface area contributed by atoms with E-state index in [-0.39, 0.29) is 18.8 Å². The first-order valence-corrected chi connectivity index (χ1v) is 7.89. The minimum atomic E-state index is -0.434. The summed E-state index contributed by atoms with van der Waals surface area (Å²) < 4.78 is 7.11. The Balaban J connectivity index is 1.78. The SMILES string of the molecule is CCn1c(C)cc(C(=O)COC(=O)CCNc2ncccn2)c1C. The molecule has 7 heteroatoms. The molecule has 0 aromatic carbocycles. The number of esters is 1. The van der Waals surface area contributed by atoms with E-state index in [9.17, 15) is 9.59 Å². The van der Waals surface area contributed by atoms with Crippen LogP contribution in [-0.2, 0) is 16.1 Å². The van der Waals surface area contributed by atoms with E-state index in [1.54, 1.807) is 18.5 Å². The number of nitrogens with zero attached hydrogens (tertiary/aromatic N) is 3. The summed E-state index contributed by atoms with van der Waals surface area (Å²) in [4.78, 5) is 31.9. The molecule has 128 valence electrons. The largest absolute Gasteiger partial charge is 0.457 e. The maximum atomic E-state index is 12.2. The maximum Gasteiger partial charge on any atom is 0.308 e. The summed E-state index contributed by atoms with van der Waals surface area (Å²) in [7, 11) is 0. The van der Waals surface area contributed by atoms with Gasteiger partial charge in [0, 0.05) is 42.4 Å². The predicted octanol–water partition coefficient (Wildman–Crippen LogP) is 2.14. The second-order valence-corrected chi connectivity index (χ2v) is 5.36. The molecule has 0 bridgehead atoms. The highest BCUT2D eigenvalue weighted by Crippen LogP contribution is 2.15. The highest BCUT2D eigenvalue weighted by Gasteiger charge is 2.16. The Bertz CT molecular complexity index is 710. The predicted molar refractivity (Wildman–Crippen MR) is 90.0 cm³/mol. The molecule has 2 heterocycles. The average Bonchev–Trinajstić information content (AvgIpc) is 2.87. The van der Waals surface area contributed by atoms with Gasteiger partial charge >= 0.3 is 5.97 Å². The van der Waals surface area contributed by atoms with Crippen LogP contribution in [0.4, 0.5) is 5.95 Å². The molecule has 2 aromatic rings. The zero-order valence-electron chi connectivity index (χ0n) is 14.2. The fraction of sp³-hybridized carbons (Fsp3) is 0.412. The number of carbonyl (C=O) groups is 2. The van der Waals surface area contributed by atoms with Gasteiger partial charge in [-0.3, -0.25) is 9.59 Å². The molecule has 0 aliphatic rings. The van der Waals surface area contributed by atoms with E-state index in [0.717, 1.165) is 17.9 Å². The first kappa shape index (κ1) is 17.7. The number of rotatable bonds is 8. The Hall–Kier alpha value is -2.70. The number of carbonyl (C=O) groups excluding carboxylic acids is 2. The second-order valence-electron chi connectivity index (χ2n) is 5.36. The lowest BCUT2D eigenvalue weighted by atomic mass is 10.1. The number of ether oxygens (including phenoxy) is 1. The van der Waals surface area contributed by atoms with E-state index in [2.05, 4.69) is 19.9 Å². The van der Waals surface area contributed by atoms with E-state index in [4.69, 9.17) is 4.74 Å². The number of aromatic nitrogens is 3. The van der Waals surface area contributed by atoms with Crippen molar-refractivity contribution < 1.29 is 14.3 Å². The number of Topliss-reactive ketones (excluding diaryl/α,β-unsaturated/α-hetero) is 1. The molecule has 0 saturated carbocycles. The van der Waals surface area contributed by atoms with Gasteiger partial charge in [-0.05, 0) is 32.9 Å². The van der Waals surface area contributed by atoms with E-state index >= 15 is 0 Å². The molecule has 0 aliphatic carbocycles. The molecule has 24 heavy (non-hydrogen) atoms. The molecule has 2 aromatic heterocycles. The van der Waals surface area contributed by atoms with Crippen molar-refractivity contribution in [3.8, 4) is 0 Å². The van der Waals surface area contributed by atoms with Crippen molar-refractivity contribution in [2.75, 3.05) is 18.5 Å². The van der Waals surface area contributed by atoms with E-state index in [1.165, 1.54) is 0 Å². The molecule has 0 aliphatic heterocycles. The number of hydrogen-bond donors (Lipinski definition) is 1. The minimum Gasteiger partial charge on any atom is -0.457 e. The third-order valence-electron chi connectivity index (χ3n) is 3.73. The number of nitrogens with one attached hydrogen (secondary N) is 1. The van der Waals surface area contributed by atoms with Gasteiger partial charge in [0.25, 0.3) is 0 Å². The Morgan fingerprint density at radius 3 is 2.58 bits per heavy atom. The summed E-state index contributed by atoms with van der Waals surface area (Å²) >= 11 is 0. The molecule has 0 unspecified atom stereocenters. The van der Waals surface area contributed by atoms with Gasteiger partial charge in [-0.15, -0.1) is 0 Å². The summed E-state index contributed by atoms with van der Waals surface area (Å²) in [5.74, 6) is -0.167. The zero-order chi connectivity index (χ0) is 17.5. The molecule has 0 fully saturated rings. The van der Waals surface area contributed by atoms with Gasteiger partial charge in [-0.2, -0.15) is 0 Å². The Kier molecular flexibility index (Phi) is 6.06. The lowest BCUT2D eigenvalue weighted by molar-refractivity contribution is -0.142. The van der Waals surface area contributed by atoms with Crippen molar-refractivity contribution >= 4 is 17.7 Å². The van der Waals surface area contributed by atoms with Gasteiger partial charge in [0.2, 0.25) is 11.7 Å². The molecule has 0 amide bonds. The summed E-state index contributed by atoms with van der Waals surface area (Å²) in [5.41, 5.74) is 2.54. The van der Waals surface area contributed by atoms with Gasteiger partial charge in [-0.1, -0.05) is 0 Å². The Morgan fingerprint density at radius 1 is 1.25 bits per heavy atom. The lowest BCUT2D eigenvalue weighted by Gasteiger charge is -2.07. The van der Waals surface area contributed by atoms with Crippen LogP contribution in [0.15, 0.2) is 24.5 Å². The van der Waals surface area contributed by atoms with E-state index < -0.39 is 5.97 Å². The molecular formula is C17H22N4O3.